The molecule has 7 heteroatoms. The third-order valence-electron chi connectivity index (χ3n) is 3.15. The number of halogens is 5. The van der Waals surface area contributed by atoms with Crippen molar-refractivity contribution in [2.75, 3.05) is 0 Å². The van der Waals surface area contributed by atoms with Crippen molar-refractivity contribution in [3.05, 3.63) is 63.7 Å². The van der Waals surface area contributed by atoms with Crippen LogP contribution in [0, 0.1) is 0 Å². The van der Waals surface area contributed by atoms with Gasteiger partial charge in [0.25, 0.3) is 0 Å². The van der Waals surface area contributed by atoms with Crippen LogP contribution < -0.4 is 0 Å². The molecule has 1 heterocycles. The number of nitrogens with zero attached hydrogens (tertiary/aromatic N) is 1. The Morgan fingerprint density at radius 1 is 0.913 bits per heavy atom. The number of hydrogen-bond donors (Lipinski definition) is 0. The Morgan fingerprint density at radius 2 is 1.48 bits per heavy atom. The third kappa shape index (κ3) is 3.43. The lowest BCUT2D eigenvalue weighted by atomic mass is 10.1. The van der Waals surface area contributed by atoms with E-state index in [1.807, 2.05) is 0 Å². The molecule has 3 aromatic rings. The van der Waals surface area contributed by atoms with E-state index in [-0.39, 0.29) is 5.89 Å². The Bertz CT molecular complexity index is 826. The molecule has 0 atom stereocenters. The Hall–Kier alpha value is -1.79. The van der Waals surface area contributed by atoms with Crippen LogP contribution in [0.3, 0.4) is 0 Å². The van der Waals surface area contributed by atoms with Crippen molar-refractivity contribution in [2.24, 2.45) is 0 Å². The lowest BCUT2D eigenvalue weighted by Gasteiger charge is -2.06. The molecule has 0 saturated heterocycles. The Balaban J connectivity index is 1.96. The number of oxazole rings is 1. The summed E-state index contributed by atoms with van der Waals surface area (Å²) in [5.41, 5.74) is 0.496. The summed E-state index contributed by atoms with van der Waals surface area (Å²) < 4.78 is 43.9. The van der Waals surface area contributed by atoms with Gasteiger partial charge in [0, 0.05) is 16.1 Å². The molecule has 3 rings (SSSR count). The molecule has 118 valence electrons. The first-order valence-electron chi connectivity index (χ1n) is 6.44. The molecule has 0 saturated carbocycles. The van der Waals surface area contributed by atoms with Crippen molar-refractivity contribution in [1.82, 2.24) is 4.98 Å². The summed E-state index contributed by atoms with van der Waals surface area (Å²) in [5, 5.41) is 0.590. The Morgan fingerprint density at radius 3 is 2.04 bits per heavy atom. The second kappa shape index (κ2) is 6.02. The lowest BCUT2D eigenvalue weighted by molar-refractivity contribution is -0.137. The van der Waals surface area contributed by atoms with E-state index in [0.717, 1.165) is 17.7 Å². The highest BCUT2D eigenvalue weighted by Gasteiger charge is 2.30. The summed E-state index contributed by atoms with van der Waals surface area (Å²) in [6, 6.07) is 11.6. The molecular weight excluding hydrogens is 395 g/mol. The van der Waals surface area contributed by atoms with Crippen LogP contribution in [-0.4, -0.2) is 4.98 Å². The van der Waals surface area contributed by atoms with Gasteiger partial charge >= 0.3 is 6.18 Å². The maximum Gasteiger partial charge on any atom is 0.416 e. The summed E-state index contributed by atoms with van der Waals surface area (Å²) in [7, 11) is 0. The molecule has 0 spiro atoms. The topological polar surface area (TPSA) is 26.0 Å². The monoisotopic (exact) mass is 401 g/mol. The predicted octanol–water partition coefficient (Wildman–Crippen LogP) is 6.44. The van der Waals surface area contributed by atoms with Crippen molar-refractivity contribution < 1.29 is 17.6 Å². The van der Waals surface area contributed by atoms with Crippen molar-refractivity contribution in [1.29, 1.82) is 0 Å². The first-order chi connectivity index (χ1) is 10.8. The van der Waals surface area contributed by atoms with Gasteiger partial charge in [0.1, 0.15) is 0 Å². The summed E-state index contributed by atoms with van der Waals surface area (Å²) in [4.78, 5) is 4.21. The largest absolute Gasteiger partial charge is 0.435 e. The van der Waals surface area contributed by atoms with Gasteiger partial charge in [-0.05, 0) is 64.5 Å². The maximum absolute atomic E-state index is 12.6. The first kappa shape index (κ1) is 16.1. The highest BCUT2D eigenvalue weighted by Crippen LogP contribution is 2.35. The van der Waals surface area contributed by atoms with Gasteiger partial charge in [0.05, 0.1) is 5.56 Å². The van der Waals surface area contributed by atoms with E-state index < -0.39 is 11.7 Å². The van der Waals surface area contributed by atoms with E-state index in [4.69, 9.17) is 16.0 Å². The fourth-order valence-electron chi connectivity index (χ4n) is 2.01. The van der Waals surface area contributed by atoms with E-state index in [2.05, 4.69) is 20.9 Å². The number of rotatable bonds is 2. The molecular formula is C16H8BrClF3NO. The minimum absolute atomic E-state index is 0.232. The second-order valence-corrected chi connectivity index (χ2v) is 5.91. The smallest absolute Gasteiger partial charge is 0.416 e. The molecule has 23 heavy (non-hydrogen) atoms. The molecule has 0 N–H and O–H groups in total. The van der Waals surface area contributed by atoms with Gasteiger partial charge < -0.3 is 4.42 Å². The van der Waals surface area contributed by atoms with Crippen molar-refractivity contribution in [3.63, 3.8) is 0 Å². The summed E-state index contributed by atoms with van der Waals surface area (Å²) >= 11 is 9.14. The highest BCUT2D eigenvalue weighted by atomic mass is 79.9. The minimum Gasteiger partial charge on any atom is -0.435 e. The fourth-order valence-corrected chi connectivity index (χ4v) is 2.60. The molecule has 0 radical (unpaired) electrons. The van der Waals surface area contributed by atoms with Crippen LogP contribution in [-0.2, 0) is 6.18 Å². The molecule has 2 aromatic carbocycles. The molecule has 0 bridgehead atoms. The van der Waals surface area contributed by atoms with Crippen LogP contribution in [0.5, 0.6) is 0 Å². The van der Waals surface area contributed by atoms with Crippen LogP contribution in [0.1, 0.15) is 5.56 Å². The number of hydrogen-bond acceptors (Lipinski definition) is 2. The van der Waals surface area contributed by atoms with Gasteiger partial charge in [-0.2, -0.15) is 13.2 Å². The van der Waals surface area contributed by atoms with E-state index >= 15 is 0 Å². The highest BCUT2D eigenvalue weighted by molar-refractivity contribution is 9.10. The third-order valence-corrected chi connectivity index (χ3v) is 3.94. The van der Waals surface area contributed by atoms with Gasteiger partial charge in [-0.25, -0.2) is 4.98 Å². The van der Waals surface area contributed by atoms with Gasteiger partial charge in [0.15, 0.2) is 10.4 Å². The summed E-state index contributed by atoms with van der Waals surface area (Å²) in [6.07, 6.45) is -4.37. The van der Waals surface area contributed by atoms with Crippen molar-refractivity contribution in [2.45, 2.75) is 6.18 Å². The zero-order valence-corrected chi connectivity index (χ0v) is 13.7. The zero-order valence-electron chi connectivity index (χ0n) is 11.4. The standard InChI is InChI=1S/C16H8BrClF3NO/c17-14-13(9-3-7-12(18)8-4-9)23-15(22-14)10-1-5-11(6-2-10)16(19,20)21/h1-8H. The predicted molar refractivity (Wildman–Crippen MR) is 85.1 cm³/mol. The number of aromatic nitrogens is 1. The molecule has 0 aliphatic carbocycles. The normalized spacial score (nSPS) is 11.7. The first-order valence-corrected chi connectivity index (χ1v) is 7.61. The van der Waals surface area contributed by atoms with Gasteiger partial charge in [-0.3, -0.25) is 0 Å². The van der Waals surface area contributed by atoms with E-state index in [0.29, 0.717) is 20.9 Å². The van der Waals surface area contributed by atoms with Gasteiger partial charge in [-0.15, -0.1) is 0 Å². The SMILES string of the molecule is FC(F)(F)c1ccc(-c2nc(Br)c(-c3ccc(Cl)cc3)o2)cc1. The molecule has 0 amide bonds. The summed E-state index contributed by atoms with van der Waals surface area (Å²) in [6.45, 7) is 0. The van der Waals surface area contributed by atoms with Crippen molar-refractivity contribution in [3.8, 4) is 22.8 Å². The lowest BCUT2D eigenvalue weighted by Crippen LogP contribution is -2.03. The van der Waals surface area contributed by atoms with Crippen LogP contribution in [0.25, 0.3) is 22.8 Å². The average molecular weight is 403 g/mol. The van der Waals surface area contributed by atoms with E-state index in [9.17, 15) is 13.2 Å². The second-order valence-electron chi connectivity index (χ2n) is 4.72. The molecule has 0 fully saturated rings. The van der Waals surface area contributed by atoms with Crippen molar-refractivity contribution >= 4 is 27.5 Å². The van der Waals surface area contributed by atoms with Gasteiger partial charge in [0.2, 0.25) is 5.89 Å². The number of benzene rings is 2. The maximum atomic E-state index is 12.6. The van der Waals surface area contributed by atoms with Crippen LogP contribution >= 0.6 is 27.5 Å². The quantitative estimate of drug-likeness (QED) is 0.493. The Kier molecular flexibility index (Phi) is 4.21. The minimum atomic E-state index is -4.37. The summed E-state index contributed by atoms with van der Waals surface area (Å²) in [5.74, 6) is 0.715. The van der Waals surface area contributed by atoms with Crippen LogP contribution in [0.15, 0.2) is 57.6 Å². The molecule has 0 aliphatic rings. The molecule has 1 aromatic heterocycles. The Labute approximate surface area is 143 Å². The molecule has 0 aliphatic heterocycles. The van der Waals surface area contributed by atoms with Crippen LogP contribution in [0.4, 0.5) is 13.2 Å². The number of alkyl halides is 3. The molecule has 0 unspecified atom stereocenters. The van der Waals surface area contributed by atoms with Gasteiger partial charge in [-0.1, -0.05) is 11.6 Å². The van der Waals surface area contributed by atoms with E-state index in [1.165, 1.54) is 12.1 Å². The fraction of sp³-hybridized carbons (Fsp3) is 0.0625. The molecule has 2 nitrogen and oxygen atoms in total. The van der Waals surface area contributed by atoms with E-state index in [1.54, 1.807) is 24.3 Å². The zero-order chi connectivity index (χ0) is 16.6. The average Bonchev–Trinajstić information content (AvgIpc) is 2.89. The van der Waals surface area contributed by atoms with Crippen LogP contribution in [0.2, 0.25) is 5.02 Å².